The molecular formula is C12H8ClIN2O. The number of hydrogen-bond donors (Lipinski definition) is 0. The summed E-state index contributed by atoms with van der Waals surface area (Å²) in [5.41, 5.74) is 1.59. The van der Waals surface area contributed by atoms with Gasteiger partial charge in [0.15, 0.2) is 12.4 Å². The van der Waals surface area contributed by atoms with E-state index in [0.717, 1.165) is 14.7 Å². The van der Waals surface area contributed by atoms with Crippen molar-refractivity contribution in [1.82, 2.24) is 4.98 Å². The summed E-state index contributed by atoms with van der Waals surface area (Å²) in [6.45, 7) is 1.91. The third kappa shape index (κ3) is 2.45. The minimum atomic E-state index is 0.00234. The summed E-state index contributed by atoms with van der Waals surface area (Å²) in [5.74, 6) is 0.621. The van der Waals surface area contributed by atoms with Crippen LogP contribution in [0.25, 0.3) is 10.9 Å². The Labute approximate surface area is 117 Å². The molecule has 86 valence electrons. The van der Waals surface area contributed by atoms with Crippen molar-refractivity contribution in [2.45, 2.75) is 6.92 Å². The fraction of sp³-hybridized carbons (Fsp3) is 0.167. The smallest absolute Gasteiger partial charge is 0.174 e. The fourth-order valence-corrected chi connectivity index (χ4v) is 2.70. The number of rotatable bonds is 2. The first-order valence-corrected chi connectivity index (χ1v) is 6.34. The highest BCUT2D eigenvalue weighted by Crippen LogP contribution is 2.34. The SMILES string of the molecule is Cc1ccc2c(Cl)cc(I)c(OCC#N)c2n1. The van der Waals surface area contributed by atoms with E-state index in [1.807, 2.05) is 31.2 Å². The van der Waals surface area contributed by atoms with Crippen LogP contribution >= 0.6 is 34.2 Å². The lowest BCUT2D eigenvalue weighted by atomic mass is 10.2. The molecule has 0 saturated heterocycles. The molecule has 0 aliphatic rings. The molecule has 5 heteroatoms. The summed E-state index contributed by atoms with van der Waals surface area (Å²) in [6, 6.07) is 7.57. The van der Waals surface area contributed by atoms with Crippen LogP contribution in [0.1, 0.15) is 5.69 Å². The second-order valence-electron chi connectivity index (χ2n) is 3.46. The molecule has 0 saturated carbocycles. The van der Waals surface area contributed by atoms with Crippen LogP contribution in [-0.2, 0) is 0 Å². The summed E-state index contributed by atoms with van der Waals surface area (Å²) < 4.78 is 6.27. The van der Waals surface area contributed by atoms with E-state index in [0.29, 0.717) is 16.3 Å². The minimum Gasteiger partial charge on any atom is -0.475 e. The predicted octanol–water partition coefficient (Wildman–Crippen LogP) is 3.70. The Morgan fingerprint density at radius 3 is 3.00 bits per heavy atom. The van der Waals surface area contributed by atoms with Crippen molar-refractivity contribution in [2.24, 2.45) is 0 Å². The Hall–Kier alpha value is -1.06. The lowest BCUT2D eigenvalue weighted by Gasteiger charge is -2.10. The van der Waals surface area contributed by atoms with Crippen LogP contribution in [0.3, 0.4) is 0 Å². The first kappa shape index (κ1) is 12.4. The number of ether oxygens (including phenoxy) is 1. The molecule has 2 aromatic rings. The van der Waals surface area contributed by atoms with Crippen LogP contribution in [0.5, 0.6) is 5.75 Å². The Bertz CT molecular complexity index is 622. The number of halogens is 2. The molecule has 0 aliphatic heterocycles. The number of aromatic nitrogens is 1. The summed E-state index contributed by atoms with van der Waals surface area (Å²) in [5, 5.41) is 10.1. The van der Waals surface area contributed by atoms with Gasteiger partial charge in [-0.2, -0.15) is 5.26 Å². The quantitative estimate of drug-likeness (QED) is 0.769. The van der Waals surface area contributed by atoms with Gasteiger partial charge in [-0.15, -0.1) is 0 Å². The van der Waals surface area contributed by atoms with Gasteiger partial charge in [0.1, 0.15) is 11.6 Å². The maximum Gasteiger partial charge on any atom is 0.174 e. The summed E-state index contributed by atoms with van der Waals surface area (Å²) in [4.78, 5) is 4.43. The van der Waals surface area contributed by atoms with Crippen LogP contribution in [0.2, 0.25) is 5.02 Å². The van der Waals surface area contributed by atoms with Gasteiger partial charge in [-0.25, -0.2) is 4.98 Å². The van der Waals surface area contributed by atoms with Gasteiger partial charge in [0, 0.05) is 11.1 Å². The summed E-state index contributed by atoms with van der Waals surface area (Å²) >= 11 is 8.28. The lowest BCUT2D eigenvalue weighted by molar-refractivity contribution is 0.369. The van der Waals surface area contributed by atoms with Crippen LogP contribution in [-0.4, -0.2) is 11.6 Å². The number of hydrogen-bond acceptors (Lipinski definition) is 3. The average Bonchev–Trinajstić information content (AvgIpc) is 2.28. The van der Waals surface area contributed by atoms with E-state index in [9.17, 15) is 0 Å². The van der Waals surface area contributed by atoms with Crippen LogP contribution in [0, 0.1) is 21.8 Å². The molecule has 0 aliphatic carbocycles. The molecule has 1 aromatic heterocycles. The monoisotopic (exact) mass is 358 g/mol. The predicted molar refractivity (Wildman–Crippen MR) is 75.3 cm³/mol. The second-order valence-corrected chi connectivity index (χ2v) is 5.03. The number of pyridine rings is 1. The summed E-state index contributed by atoms with van der Waals surface area (Å²) in [6.07, 6.45) is 0. The van der Waals surface area contributed by atoms with Crippen LogP contribution < -0.4 is 4.74 Å². The molecule has 0 spiro atoms. The van der Waals surface area contributed by atoms with Gasteiger partial charge in [-0.1, -0.05) is 11.6 Å². The molecule has 2 rings (SSSR count). The number of benzene rings is 1. The fourth-order valence-electron chi connectivity index (χ4n) is 1.53. The Kier molecular flexibility index (Phi) is 3.69. The second kappa shape index (κ2) is 5.07. The van der Waals surface area contributed by atoms with Crippen LogP contribution in [0.15, 0.2) is 18.2 Å². The highest BCUT2D eigenvalue weighted by atomic mass is 127. The molecule has 0 radical (unpaired) electrons. The molecule has 1 aromatic carbocycles. The van der Waals surface area contributed by atoms with Gasteiger partial charge < -0.3 is 4.74 Å². The Morgan fingerprint density at radius 1 is 1.53 bits per heavy atom. The van der Waals surface area contributed by atoms with Gasteiger partial charge in [-0.05, 0) is 47.7 Å². The van der Waals surface area contributed by atoms with E-state index in [2.05, 4.69) is 27.6 Å². The molecule has 0 unspecified atom stereocenters. The molecule has 0 amide bonds. The number of nitriles is 1. The van der Waals surface area contributed by atoms with Crippen molar-refractivity contribution >= 4 is 45.1 Å². The topological polar surface area (TPSA) is 45.9 Å². The molecule has 0 atom stereocenters. The number of aryl methyl sites for hydroxylation is 1. The van der Waals surface area contributed by atoms with E-state index in [-0.39, 0.29) is 6.61 Å². The van der Waals surface area contributed by atoms with Gasteiger partial charge in [0.2, 0.25) is 0 Å². The van der Waals surface area contributed by atoms with Crippen molar-refractivity contribution in [2.75, 3.05) is 6.61 Å². The average molecular weight is 359 g/mol. The summed E-state index contributed by atoms with van der Waals surface area (Å²) in [7, 11) is 0. The molecule has 0 N–H and O–H groups in total. The maximum atomic E-state index is 8.58. The van der Waals surface area contributed by atoms with E-state index >= 15 is 0 Å². The van der Waals surface area contributed by atoms with Crippen molar-refractivity contribution in [3.05, 3.63) is 32.5 Å². The normalized spacial score (nSPS) is 10.2. The standard InChI is InChI=1S/C12H8ClIN2O/c1-7-2-3-8-9(13)6-10(14)12(11(8)16-7)17-5-4-15/h2-3,6H,5H2,1H3. The first-order valence-electron chi connectivity index (χ1n) is 4.88. The maximum absolute atomic E-state index is 8.58. The highest BCUT2D eigenvalue weighted by molar-refractivity contribution is 14.1. The highest BCUT2D eigenvalue weighted by Gasteiger charge is 2.12. The van der Waals surface area contributed by atoms with Gasteiger partial charge in [0.05, 0.1) is 8.59 Å². The van der Waals surface area contributed by atoms with E-state index in [1.54, 1.807) is 0 Å². The van der Waals surface area contributed by atoms with Crippen molar-refractivity contribution < 1.29 is 4.74 Å². The van der Waals surface area contributed by atoms with Crippen molar-refractivity contribution in [3.63, 3.8) is 0 Å². The Morgan fingerprint density at radius 2 is 2.29 bits per heavy atom. The van der Waals surface area contributed by atoms with E-state index in [1.165, 1.54) is 0 Å². The van der Waals surface area contributed by atoms with Gasteiger partial charge in [0.25, 0.3) is 0 Å². The third-order valence-corrected chi connectivity index (χ3v) is 3.37. The molecular weight excluding hydrogens is 351 g/mol. The largest absolute Gasteiger partial charge is 0.475 e. The molecule has 0 bridgehead atoms. The van der Waals surface area contributed by atoms with Crippen molar-refractivity contribution in [1.29, 1.82) is 5.26 Å². The molecule has 0 fully saturated rings. The van der Waals surface area contributed by atoms with Gasteiger partial charge >= 0.3 is 0 Å². The van der Waals surface area contributed by atoms with E-state index < -0.39 is 0 Å². The number of fused-ring (bicyclic) bond motifs is 1. The Balaban J connectivity index is 2.72. The first-order chi connectivity index (χ1) is 8.13. The lowest BCUT2D eigenvalue weighted by Crippen LogP contribution is -1.98. The molecule has 17 heavy (non-hydrogen) atoms. The minimum absolute atomic E-state index is 0.00234. The zero-order valence-electron chi connectivity index (χ0n) is 9.00. The van der Waals surface area contributed by atoms with E-state index in [4.69, 9.17) is 21.6 Å². The van der Waals surface area contributed by atoms with Crippen molar-refractivity contribution in [3.8, 4) is 11.8 Å². The van der Waals surface area contributed by atoms with Gasteiger partial charge in [-0.3, -0.25) is 0 Å². The molecule has 3 nitrogen and oxygen atoms in total. The van der Waals surface area contributed by atoms with Crippen LogP contribution in [0.4, 0.5) is 0 Å². The zero-order valence-corrected chi connectivity index (χ0v) is 11.9. The zero-order chi connectivity index (χ0) is 12.4. The molecule has 1 heterocycles. The third-order valence-electron chi connectivity index (χ3n) is 2.26. The number of nitrogens with zero attached hydrogens (tertiary/aromatic N) is 2.